The summed E-state index contributed by atoms with van der Waals surface area (Å²) in [7, 11) is 0. The van der Waals surface area contributed by atoms with Crippen LogP contribution in [0.5, 0.6) is 0 Å². The highest BCUT2D eigenvalue weighted by atomic mass is 19.1. The monoisotopic (exact) mass is 333 g/mol. The molecule has 1 amide bonds. The molecule has 0 spiro atoms. The molecule has 2 aromatic carbocycles. The van der Waals surface area contributed by atoms with Gasteiger partial charge in [0, 0.05) is 6.42 Å². The van der Waals surface area contributed by atoms with E-state index in [9.17, 15) is 18.7 Å². The first-order valence-electron chi connectivity index (χ1n) is 7.87. The molecule has 0 heterocycles. The SMILES string of the molecule is CC(O)(CNC(=O)CCCc1ccccc1F)c1ccc(F)cc1. The molecule has 0 saturated carbocycles. The van der Waals surface area contributed by atoms with Crippen LogP contribution in [0.1, 0.15) is 30.9 Å². The van der Waals surface area contributed by atoms with E-state index in [1.54, 1.807) is 25.1 Å². The molecule has 1 atom stereocenters. The Morgan fingerprint density at radius 3 is 2.46 bits per heavy atom. The van der Waals surface area contributed by atoms with E-state index < -0.39 is 5.60 Å². The summed E-state index contributed by atoms with van der Waals surface area (Å²) in [4.78, 5) is 11.9. The highest BCUT2D eigenvalue weighted by Gasteiger charge is 2.23. The quantitative estimate of drug-likeness (QED) is 0.817. The van der Waals surface area contributed by atoms with E-state index in [1.165, 1.54) is 30.3 Å². The van der Waals surface area contributed by atoms with Gasteiger partial charge in [-0.25, -0.2) is 8.78 Å². The van der Waals surface area contributed by atoms with Crippen LogP contribution >= 0.6 is 0 Å². The van der Waals surface area contributed by atoms with Gasteiger partial charge in [-0.05, 0) is 49.1 Å². The molecule has 0 fully saturated rings. The lowest BCUT2D eigenvalue weighted by Gasteiger charge is -2.24. The molecular weight excluding hydrogens is 312 g/mol. The van der Waals surface area contributed by atoms with Crippen molar-refractivity contribution < 1.29 is 18.7 Å². The van der Waals surface area contributed by atoms with Crippen molar-refractivity contribution in [3.05, 3.63) is 71.3 Å². The van der Waals surface area contributed by atoms with Crippen LogP contribution in [0, 0.1) is 11.6 Å². The minimum Gasteiger partial charge on any atom is -0.384 e. The average molecular weight is 333 g/mol. The summed E-state index contributed by atoms with van der Waals surface area (Å²) in [6.45, 7) is 1.58. The minimum absolute atomic E-state index is 0.0250. The Labute approximate surface area is 140 Å². The van der Waals surface area contributed by atoms with Gasteiger partial charge in [-0.15, -0.1) is 0 Å². The molecule has 0 aliphatic heterocycles. The first-order chi connectivity index (χ1) is 11.4. The summed E-state index contributed by atoms with van der Waals surface area (Å²) in [5, 5.41) is 13.0. The molecule has 5 heteroatoms. The number of aryl methyl sites for hydroxylation is 1. The topological polar surface area (TPSA) is 49.3 Å². The van der Waals surface area contributed by atoms with Gasteiger partial charge < -0.3 is 10.4 Å². The first kappa shape index (κ1) is 18.1. The molecule has 0 bridgehead atoms. The van der Waals surface area contributed by atoms with Crippen molar-refractivity contribution in [3.8, 4) is 0 Å². The first-order valence-corrected chi connectivity index (χ1v) is 7.87. The number of halogens is 2. The molecule has 2 rings (SSSR count). The van der Waals surface area contributed by atoms with Gasteiger partial charge in [0.1, 0.15) is 17.2 Å². The van der Waals surface area contributed by atoms with Crippen molar-refractivity contribution in [2.24, 2.45) is 0 Å². The maximum absolute atomic E-state index is 13.5. The lowest BCUT2D eigenvalue weighted by atomic mass is 9.96. The largest absolute Gasteiger partial charge is 0.384 e. The van der Waals surface area contributed by atoms with Gasteiger partial charge in [-0.2, -0.15) is 0 Å². The molecule has 2 N–H and O–H groups in total. The van der Waals surface area contributed by atoms with Gasteiger partial charge in [0.25, 0.3) is 0 Å². The number of carbonyl (C=O) groups excluding carboxylic acids is 1. The normalized spacial score (nSPS) is 13.3. The van der Waals surface area contributed by atoms with E-state index in [0.29, 0.717) is 24.0 Å². The summed E-state index contributed by atoms with van der Waals surface area (Å²) >= 11 is 0. The van der Waals surface area contributed by atoms with Crippen LogP contribution in [-0.2, 0) is 16.8 Å². The van der Waals surface area contributed by atoms with Crippen LogP contribution in [0.2, 0.25) is 0 Å². The number of hydrogen-bond acceptors (Lipinski definition) is 2. The molecular formula is C19H21F2NO2. The second-order valence-electron chi connectivity index (χ2n) is 6.00. The summed E-state index contributed by atoms with van der Waals surface area (Å²) in [6, 6.07) is 12.0. The lowest BCUT2D eigenvalue weighted by Crippen LogP contribution is -2.38. The van der Waals surface area contributed by atoms with Crippen molar-refractivity contribution in [1.82, 2.24) is 5.32 Å². The second kappa shape index (κ2) is 8.02. The number of aliphatic hydroxyl groups is 1. The zero-order valence-corrected chi connectivity index (χ0v) is 13.6. The number of rotatable bonds is 7. The molecule has 0 saturated heterocycles. The van der Waals surface area contributed by atoms with Gasteiger partial charge in [-0.3, -0.25) is 4.79 Å². The zero-order valence-electron chi connectivity index (χ0n) is 13.6. The molecule has 128 valence electrons. The Balaban J connectivity index is 1.78. The summed E-state index contributed by atoms with van der Waals surface area (Å²) < 4.78 is 26.4. The minimum atomic E-state index is -1.28. The molecule has 0 aliphatic rings. The Hall–Kier alpha value is -2.27. The summed E-state index contributed by atoms with van der Waals surface area (Å²) in [5.74, 6) is -0.863. The molecule has 0 aliphatic carbocycles. The van der Waals surface area contributed by atoms with Gasteiger partial charge in [0.2, 0.25) is 5.91 Å². The van der Waals surface area contributed by atoms with E-state index in [0.717, 1.165) is 0 Å². The maximum Gasteiger partial charge on any atom is 0.220 e. The van der Waals surface area contributed by atoms with E-state index in [1.807, 2.05) is 0 Å². The Morgan fingerprint density at radius 1 is 1.12 bits per heavy atom. The van der Waals surface area contributed by atoms with Crippen LogP contribution in [0.3, 0.4) is 0 Å². The van der Waals surface area contributed by atoms with Crippen LogP contribution in [0.25, 0.3) is 0 Å². The Kier molecular flexibility index (Phi) is 6.04. The lowest BCUT2D eigenvalue weighted by molar-refractivity contribution is -0.122. The fraction of sp³-hybridized carbons (Fsp3) is 0.316. The highest BCUT2D eigenvalue weighted by molar-refractivity contribution is 5.75. The average Bonchev–Trinajstić information content (AvgIpc) is 2.55. The number of amides is 1. The smallest absolute Gasteiger partial charge is 0.220 e. The fourth-order valence-electron chi connectivity index (χ4n) is 2.41. The van der Waals surface area contributed by atoms with Gasteiger partial charge in [-0.1, -0.05) is 30.3 Å². The van der Waals surface area contributed by atoms with Gasteiger partial charge in [0.05, 0.1) is 6.54 Å². The van der Waals surface area contributed by atoms with Crippen LogP contribution in [0.15, 0.2) is 48.5 Å². The Morgan fingerprint density at radius 2 is 1.79 bits per heavy atom. The van der Waals surface area contributed by atoms with Crippen molar-refractivity contribution in [2.75, 3.05) is 6.54 Å². The molecule has 1 unspecified atom stereocenters. The van der Waals surface area contributed by atoms with Gasteiger partial charge >= 0.3 is 0 Å². The summed E-state index contributed by atoms with van der Waals surface area (Å²) in [5.41, 5.74) is -0.173. The van der Waals surface area contributed by atoms with E-state index in [4.69, 9.17) is 0 Å². The molecule has 0 radical (unpaired) electrons. The maximum atomic E-state index is 13.5. The molecule has 0 aromatic heterocycles. The third kappa shape index (κ3) is 5.13. The van der Waals surface area contributed by atoms with Crippen LogP contribution in [-0.4, -0.2) is 17.6 Å². The Bertz CT molecular complexity index is 684. The highest BCUT2D eigenvalue weighted by Crippen LogP contribution is 2.20. The summed E-state index contributed by atoms with van der Waals surface area (Å²) in [6.07, 6.45) is 1.24. The van der Waals surface area contributed by atoms with Gasteiger partial charge in [0.15, 0.2) is 0 Å². The van der Waals surface area contributed by atoms with Crippen molar-refractivity contribution in [3.63, 3.8) is 0 Å². The number of hydrogen-bond donors (Lipinski definition) is 2. The van der Waals surface area contributed by atoms with E-state index in [-0.39, 0.29) is 30.5 Å². The zero-order chi connectivity index (χ0) is 17.6. The molecule has 24 heavy (non-hydrogen) atoms. The van der Waals surface area contributed by atoms with E-state index >= 15 is 0 Å². The molecule has 2 aromatic rings. The third-order valence-electron chi connectivity index (χ3n) is 3.90. The predicted molar refractivity (Wildman–Crippen MR) is 88.3 cm³/mol. The third-order valence-corrected chi connectivity index (χ3v) is 3.90. The predicted octanol–water partition coefficient (Wildman–Crippen LogP) is 3.31. The fourth-order valence-corrected chi connectivity index (χ4v) is 2.41. The number of carbonyl (C=O) groups is 1. The van der Waals surface area contributed by atoms with Crippen molar-refractivity contribution >= 4 is 5.91 Å². The second-order valence-corrected chi connectivity index (χ2v) is 6.00. The number of nitrogens with one attached hydrogen (secondary N) is 1. The standard InChI is InChI=1S/C19H21F2NO2/c1-19(24,15-9-11-16(20)12-10-15)13-22-18(23)8-4-6-14-5-2-3-7-17(14)21/h2-3,5,7,9-12,24H,4,6,8,13H2,1H3,(H,22,23). The van der Waals surface area contributed by atoms with Crippen LogP contribution < -0.4 is 5.32 Å². The number of benzene rings is 2. The van der Waals surface area contributed by atoms with E-state index in [2.05, 4.69) is 5.32 Å². The van der Waals surface area contributed by atoms with Crippen LogP contribution in [0.4, 0.5) is 8.78 Å². The van der Waals surface area contributed by atoms with Crippen molar-refractivity contribution in [2.45, 2.75) is 31.8 Å². The molecule has 3 nitrogen and oxygen atoms in total. The van der Waals surface area contributed by atoms with Crippen molar-refractivity contribution in [1.29, 1.82) is 0 Å².